The summed E-state index contributed by atoms with van der Waals surface area (Å²) in [5.74, 6) is 1.94. The van der Waals surface area contributed by atoms with Crippen molar-refractivity contribution in [3.8, 4) is 33.6 Å². The molecule has 4 heterocycles. The van der Waals surface area contributed by atoms with E-state index in [1.54, 1.807) is 0 Å². The second-order valence-corrected chi connectivity index (χ2v) is 18.7. The van der Waals surface area contributed by atoms with Gasteiger partial charge >= 0.3 is 21.1 Å². The van der Waals surface area contributed by atoms with Crippen molar-refractivity contribution in [3.63, 3.8) is 0 Å². The van der Waals surface area contributed by atoms with Crippen molar-refractivity contribution < 1.29 is 25.8 Å². The molecular formula is C57H54N4OPt. The van der Waals surface area contributed by atoms with Crippen LogP contribution in [0.25, 0.3) is 77.4 Å². The Kier molecular flexibility index (Phi) is 10.9. The van der Waals surface area contributed by atoms with Crippen molar-refractivity contribution in [2.75, 3.05) is 6.61 Å². The van der Waals surface area contributed by atoms with Crippen LogP contribution < -0.4 is 0 Å². The first kappa shape index (κ1) is 42.5. The molecular weight excluding hydrogens is 952 g/mol. The Morgan fingerprint density at radius 2 is 1.32 bits per heavy atom. The van der Waals surface area contributed by atoms with E-state index >= 15 is 0 Å². The molecule has 1 aliphatic heterocycles. The Morgan fingerprint density at radius 1 is 0.619 bits per heavy atom. The van der Waals surface area contributed by atoms with Gasteiger partial charge in [-0.1, -0.05) is 129 Å². The number of ether oxygens (including phenoxy) is 1. The van der Waals surface area contributed by atoms with Crippen LogP contribution in [0.15, 0.2) is 120 Å². The Morgan fingerprint density at radius 3 is 2.05 bits per heavy atom. The van der Waals surface area contributed by atoms with E-state index in [0.717, 1.165) is 66.4 Å². The number of hydrogen-bond donors (Lipinski definition) is 0. The fourth-order valence-corrected chi connectivity index (χ4v) is 11.2. The summed E-state index contributed by atoms with van der Waals surface area (Å²) in [6, 6.07) is 47.7. The summed E-state index contributed by atoms with van der Waals surface area (Å²) in [5.41, 5.74) is 17.3. The maximum atomic E-state index is 6.66. The van der Waals surface area contributed by atoms with Crippen LogP contribution in [0.2, 0.25) is 0 Å². The number of benzene rings is 6. The molecule has 63 heavy (non-hydrogen) atoms. The van der Waals surface area contributed by atoms with E-state index in [2.05, 4.69) is 194 Å². The van der Waals surface area contributed by atoms with E-state index in [9.17, 15) is 0 Å². The molecule has 6 heteroatoms. The molecule has 1 aliphatic rings. The van der Waals surface area contributed by atoms with Crippen LogP contribution >= 0.6 is 0 Å². The molecule has 0 N–H and O–H groups in total. The van der Waals surface area contributed by atoms with Crippen molar-refractivity contribution in [3.05, 3.63) is 161 Å². The Hall–Kier alpha value is -5.77. The average molecular weight is 1010 g/mol. The van der Waals surface area contributed by atoms with Crippen molar-refractivity contribution in [2.24, 2.45) is 22.7 Å². The van der Waals surface area contributed by atoms with Gasteiger partial charge in [-0.05, 0) is 122 Å². The predicted octanol–water partition coefficient (Wildman–Crippen LogP) is 14.2. The molecule has 1 atom stereocenters. The zero-order chi connectivity index (χ0) is 43.2. The summed E-state index contributed by atoms with van der Waals surface area (Å²) >= 11 is 0. The van der Waals surface area contributed by atoms with E-state index < -0.39 is 0 Å². The molecule has 0 radical (unpaired) electrons. The monoisotopic (exact) mass is 1010 g/mol. The van der Waals surface area contributed by atoms with Crippen LogP contribution in [0.3, 0.4) is 0 Å². The summed E-state index contributed by atoms with van der Waals surface area (Å²) in [4.78, 5) is 10.5. The fraction of sp³-hybridized carbons (Fsp3) is 0.263. The third-order valence-corrected chi connectivity index (χ3v) is 13.3. The smallest absolute Gasteiger partial charge is 0.518 e. The standard InChI is InChI=1S/C57H54N4O.Pt/c1-33(2)54(34(3)4)57(10)32-62-56(59-57)43-27-42(53-38(8)23-36(6)24-39(53)9)28-44(29-43)60-49-20-18-35(5)25-46(49)47-26-37(7)51(31-52(47)60)61-50-21-19-41(40-15-12-11-13-16-40)30-48(50)45-17-14-22-58-55(45)61;/h11-28,30,33-34,54H,32H2,1-10H3;/q-2;+2/t57-;/m0./s1. The molecule has 0 saturated carbocycles. The van der Waals surface area contributed by atoms with E-state index in [1.165, 1.54) is 44.3 Å². The van der Waals surface area contributed by atoms with Gasteiger partial charge in [-0.25, -0.2) is 4.98 Å². The summed E-state index contributed by atoms with van der Waals surface area (Å²) < 4.78 is 11.3. The Balaban J connectivity index is 0.00000504. The van der Waals surface area contributed by atoms with E-state index in [4.69, 9.17) is 14.7 Å². The number of nitrogens with zero attached hydrogens (tertiary/aromatic N) is 4. The minimum Gasteiger partial charge on any atom is -0.518 e. The molecule has 0 aliphatic carbocycles. The molecule has 9 aromatic rings. The summed E-state index contributed by atoms with van der Waals surface area (Å²) in [5, 5.41) is 4.60. The van der Waals surface area contributed by atoms with Crippen LogP contribution in [0.1, 0.15) is 68.0 Å². The van der Waals surface area contributed by atoms with Crippen molar-refractivity contribution in [2.45, 2.75) is 74.8 Å². The number of fused-ring (bicyclic) bond motifs is 6. The van der Waals surface area contributed by atoms with Gasteiger partial charge < -0.3 is 13.9 Å². The molecule has 0 fully saturated rings. The quantitative estimate of drug-likeness (QED) is 0.142. The number of aromatic nitrogens is 3. The van der Waals surface area contributed by atoms with Gasteiger partial charge in [-0.2, -0.15) is 6.07 Å². The third-order valence-electron chi connectivity index (χ3n) is 13.3. The zero-order valence-electron chi connectivity index (χ0n) is 37.9. The van der Waals surface area contributed by atoms with Crippen LogP contribution in [0.5, 0.6) is 0 Å². The number of pyridine rings is 1. The Bertz CT molecular complexity index is 3250. The molecule has 0 bridgehead atoms. The van der Waals surface area contributed by atoms with Gasteiger partial charge in [0.25, 0.3) is 0 Å². The van der Waals surface area contributed by atoms with Gasteiger partial charge in [-0.3, -0.25) is 4.99 Å². The zero-order valence-corrected chi connectivity index (χ0v) is 40.2. The van der Waals surface area contributed by atoms with Crippen molar-refractivity contribution in [1.82, 2.24) is 14.1 Å². The maximum Gasteiger partial charge on any atom is 2.00 e. The van der Waals surface area contributed by atoms with Gasteiger partial charge in [0.1, 0.15) is 18.2 Å². The average Bonchev–Trinajstić information content (AvgIpc) is 3.89. The molecule has 0 spiro atoms. The molecule has 5 nitrogen and oxygen atoms in total. The number of aliphatic imine (C=N–C) groups is 1. The summed E-state index contributed by atoms with van der Waals surface area (Å²) in [7, 11) is 0. The van der Waals surface area contributed by atoms with E-state index in [1.807, 2.05) is 12.3 Å². The van der Waals surface area contributed by atoms with Crippen molar-refractivity contribution in [1.29, 1.82) is 0 Å². The molecule has 3 aromatic heterocycles. The number of hydrogen-bond acceptors (Lipinski definition) is 3. The molecule has 0 amide bonds. The van der Waals surface area contributed by atoms with E-state index in [0.29, 0.717) is 30.3 Å². The normalized spacial score (nSPS) is 15.3. The minimum atomic E-state index is -0.347. The SMILES string of the molecule is Cc1cc(C)c(-c2cc(C3=N[C@](C)(C(C(C)C)C(C)C)CO3)[c-]c(-n3c4[c-]c(-n5c6ccc(-c7ccccc7)cc6c6cccnc65)c(C)cc4c4cc(C)ccc43)c2)c(C)c1.[Pt+2]. The van der Waals surface area contributed by atoms with Crippen LogP contribution in [0.4, 0.5) is 0 Å². The van der Waals surface area contributed by atoms with Gasteiger partial charge in [0, 0.05) is 22.5 Å². The van der Waals surface area contributed by atoms with Crippen LogP contribution in [-0.4, -0.2) is 32.2 Å². The van der Waals surface area contributed by atoms with Gasteiger partial charge in [0.15, 0.2) is 0 Å². The predicted molar refractivity (Wildman–Crippen MR) is 259 cm³/mol. The van der Waals surface area contributed by atoms with E-state index in [-0.39, 0.29) is 26.6 Å². The molecule has 318 valence electrons. The number of aryl methyl sites for hydroxylation is 5. The summed E-state index contributed by atoms with van der Waals surface area (Å²) in [6.07, 6.45) is 1.89. The van der Waals surface area contributed by atoms with Gasteiger partial charge in [0.2, 0.25) is 0 Å². The molecule has 0 saturated heterocycles. The maximum absolute atomic E-state index is 6.66. The van der Waals surface area contributed by atoms with Crippen molar-refractivity contribution >= 4 is 49.6 Å². The first-order valence-corrected chi connectivity index (χ1v) is 22.1. The Labute approximate surface area is 386 Å². The van der Waals surface area contributed by atoms with Gasteiger partial charge in [0.05, 0.1) is 11.1 Å². The van der Waals surface area contributed by atoms with Crippen LogP contribution in [-0.2, 0) is 25.8 Å². The topological polar surface area (TPSA) is 44.3 Å². The summed E-state index contributed by atoms with van der Waals surface area (Å²) in [6.45, 7) is 23.0. The molecule has 0 unspecified atom stereocenters. The fourth-order valence-electron chi connectivity index (χ4n) is 11.2. The van der Waals surface area contributed by atoms with Gasteiger partial charge in [-0.15, -0.1) is 35.2 Å². The second kappa shape index (κ2) is 16.1. The first-order valence-electron chi connectivity index (χ1n) is 22.1. The number of rotatable bonds is 8. The molecule has 6 aromatic carbocycles. The van der Waals surface area contributed by atoms with Crippen LogP contribution in [0, 0.1) is 64.5 Å². The third kappa shape index (κ3) is 7.14. The first-order chi connectivity index (χ1) is 29.8. The second-order valence-electron chi connectivity index (χ2n) is 18.7. The molecule has 10 rings (SSSR count). The largest absolute Gasteiger partial charge is 2.00 e. The minimum absolute atomic E-state index is 0.